The van der Waals surface area contributed by atoms with Crippen molar-refractivity contribution in [1.82, 2.24) is 4.90 Å². The van der Waals surface area contributed by atoms with Gasteiger partial charge in [0.2, 0.25) is 0 Å². The summed E-state index contributed by atoms with van der Waals surface area (Å²) in [5.41, 5.74) is 3.21. The van der Waals surface area contributed by atoms with Crippen molar-refractivity contribution in [3.8, 4) is 16.9 Å². The summed E-state index contributed by atoms with van der Waals surface area (Å²) >= 11 is 1.40. The molecule has 6 aliphatic rings. The van der Waals surface area contributed by atoms with Crippen LogP contribution in [0.4, 0.5) is 4.39 Å². The number of aromatic hydroxyl groups is 1. The number of halogens is 1. The first-order chi connectivity index (χ1) is 18.7. The van der Waals surface area contributed by atoms with Crippen LogP contribution in [-0.2, 0) is 14.9 Å². The SMILES string of the molecule is C[C@@H]1CN(C2=NC(=O)/C(=C\c3cccc(-c4cc(F)c(O)c(C56CC7CC(CC(C7)C5)C6)c4)c3)S2)C[C@H](C)O1. The Morgan fingerprint density at radius 3 is 2.36 bits per heavy atom. The summed E-state index contributed by atoms with van der Waals surface area (Å²) in [5, 5.41) is 11.6. The minimum absolute atomic E-state index is 0.0888. The lowest BCUT2D eigenvalue weighted by Gasteiger charge is -2.57. The van der Waals surface area contributed by atoms with Gasteiger partial charge in [0.25, 0.3) is 5.91 Å². The molecule has 204 valence electrons. The molecule has 5 fully saturated rings. The molecule has 1 N–H and O–H groups in total. The number of nitrogens with zero attached hydrogens (tertiary/aromatic N) is 2. The fourth-order valence-corrected chi connectivity index (χ4v) is 9.37. The van der Waals surface area contributed by atoms with Crippen LogP contribution >= 0.6 is 11.8 Å². The monoisotopic (exact) mass is 546 g/mol. The summed E-state index contributed by atoms with van der Waals surface area (Å²) in [6, 6.07) is 11.3. The Morgan fingerprint density at radius 2 is 1.69 bits per heavy atom. The molecule has 4 saturated carbocycles. The lowest BCUT2D eigenvalue weighted by atomic mass is 9.48. The number of amides is 1. The van der Waals surface area contributed by atoms with Crippen molar-refractivity contribution in [3.63, 3.8) is 0 Å². The van der Waals surface area contributed by atoms with Gasteiger partial charge in [-0.3, -0.25) is 4.79 Å². The van der Waals surface area contributed by atoms with Gasteiger partial charge in [0, 0.05) is 18.7 Å². The number of thioether (sulfide) groups is 1. The summed E-state index contributed by atoms with van der Waals surface area (Å²) in [4.78, 5) is 19.8. The fraction of sp³-hybridized carbons (Fsp3) is 0.500. The molecule has 0 spiro atoms. The van der Waals surface area contributed by atoms with E-state index in [1.165, 1.54) is 37.1 Å². The predicted molar refractivity (Wildman–Crippen MR) is 153 cm³/mol. The van der Waals surface area contributed by atoms with Crippen molar-refractivity contribution in [3.05, 3.63) is 58.2 Å². The lowest BCUT2D eigenvalue weighted by molar-refractivity contribution is -0.113. The highest BCUT2D eigenvalue weighted by Crippen LogP contribution is 2.62. The van der Waals surface area contributed by atoms with E-state index < -0.39 is 5.82 Å². The Kier molecular flexibility index (Phi) is 6.16. The molecule has 0 unspecified atom stereocenters. The second kappa shape index (κ2) is 9.48. The number of hydrogen-bond donors (Lipinski definition) is 1. The van der Waals surface area contributed by atoms with Crippen molar-refractivity contribution in [2.45, 2.75) is 70.0 Å². The zero-order valence-electron chi connectivity index (χ0n) is 22.5. The van der Waals surface area contributed by atoms with Gasteiger partial charge in [-0.25, -0.2) is 4.39 Å². The first-order valence-electron chi connectivity index (χ1n) is 14.3. The maximum Gasteiger partial charge on any atom is 0.286 e. The highest BCUT2D eigenvalue weighted by molar-refractivity contribution is 8.18. The van der Waals surface area contributed by atoms with Crippen LogP contribution in [0.25, 0.3) is 17.2 Å². The van der Waals surface area contributed by atoms with Crippen LogP contribution in [0, 0.1) is 23.6 Å². The van der Waals surface area contributed by atoms with Crippen LogP contribution in [0.15, 0.2) is 46.3 Å². The summed E-state index contributed by atoms with van der Waals surface area (Å²) in [6.45, 7) is 5.50. The predicted octanol–water partition coefficient (Wildman–Crippen LogP) is 6.75. The number of ether oxygens (including phenoxy) is 1. The normalized spacial score (nSPS) is 34.7. The number of morpholine rings is 1. The van der Waals surface area contributed by atoms with E-state index in [-0.39, 0.29) is 29.3 Å². The summed E-state index contributed by atoms with van der Waals surface area (Å²) in [7, 11) is 0. The van der Waals surface area contributed by atoms with E-state index >= 15 is 4.39 Å². The number of amidine groups is 1. The lowest BCUT2D eigenvalue weighted by Crippen LogP contribution is -2.48. The summed E-state index contributed by atoms with van der Waals surface area (Å²) in [5.74, 6) is 1.17. The third-order valence-corrected chi connectivity index (χ3v) is 10.5. The van der Waals surface area contributed by atoms with Crippen molar-refractivity contribution in [2.24, 2.45) is 22.7 Å². The Hall–Kier alpha value is -2.64. The molecule has 5 nitrogen and oxygen atoms in total. The number of carbonyl (C=O) groups is 1. The van der Waals surface area contributed by atoms with E-state index in [1.54, 1.807) is 0 Å². The fourth-order valence-electron chi connectivity index (χ4n) is 8.44. The number of rotatable bonds is 3. The number of benzene rings is 2. The van der Waals surface area contributed by atoms with E-state index in [0.29, 0.717) is 35.7 Å². The molecule has 8 rings (SSSR count). The van der Waals surface area contributed by atoms with Gasteiger partial charge in [-0.1, -0.05) is 18.2 Å². The number of carbonyl (C=O) groups excluding carboxylic acids is 1. The Morgan fingerprint density at radius 1 is 1.03 bits per heavy atom. The molecule has 2 aliphatic heterocycles. The van der Waals surface area contributed by atoms with Crippen molar-refractivity contribution >= 4 is 28.9 Å². The molecule has 1 amide bonds. The first kappa shape index (κ1) is 25.3. The van der Waals surface area contributed by atoms with Crippen LogP contribution in [0.5, 0.6) is 5.75 Å². The Labute approximate surface area is 233 Å². The maximum absolute atomic E-state index is 15.2. The van der Waals surface area contributed by atoms with Crippen molar-refractivity contribution in [2.75, 3.05) is 13.1 Å². The maximum atomic E-state index is 15.2. The van der Waals surface area contributed by atoms with Gasteiger partial charge < -0.3 is 14.7 Å². The molecule has 7 heteroatoms. The molecule has 0 radical (unpaired) electrons. The largest absolute Gasteiger partial charge is 0.505 e. The van der Waals surface area contributed by atoms with Gasteiger partial charge in [-0.2, -0.15) is 4.99 Å². The van der Waals surface area contributed by atoms with Crippen LogP contribution < -0.4 is 0 Å². The molecule has 2 aromatic carbocycles. The first-order valence-corrected chi connectivity index (χ1v) is 15.1. The highest BCUT2D eigenvalue weighted by atomic mass is 32.2. The van der Waals surface area contributed by atoms with Gasteiger partial charge in [0.1, 0.15) is 0 Å². The van der Waals surface area contributed by atoms with Crippen LogP contribution in [0.1, 0.15) is 63.5 Å². The standard InChI is InChI=1S/C32H35FN2O3S/c1-18-16-35(17-19(2)38-18)31-34-30(37)28(39-31)10-20-4-3-5-24(9-20)25-11-26(29(36)27(33)12-25)32-13-21-6-22(14-32)8-23(7-21)15-32/h3-5,9-12,18-19,21-23,36H,6-8,13-17H2,1-2H3/b28-10+/t18-,19+,21?,22?,23?,32?. The van der Waals surface area contributed by atoms with E-state index in [2.05, 4.69) is 9.89 Å². The smallest absolute Gasteiger partial charge is 0.286 e. The minimum atomic E-state index is -0.546. The molecule has 4 bridgehead atoms. The minimum Gasteiger partial charge on any atom is -0.505 e. The molecule has 2 heterocycles. The van der Waals surface area contributed by atoms with Gasteiger partial charge >= 0.3 is 0 Å². The molecular formula is C32H35FN2O3S. The average Bonchev–Trinajstić information content (AvgIpc) is 3.24. The van der Waals surface area contributed by atoms with E-state index in [1.807, 2.05) is 50.3 Å². The van der Waals surface area contributed by atoms with Crippen LogP contribution in [-0.4, -0.2) is 46.4 Å². The second-order valence-electron chi connectivity index (χ2n) is 12.7. The number of phenols is 1. The van der Waals surface area contributed by atoms with Crippen molar-refractivity contribution < 1.29 is 19.0 Å². The number of phenolic OH excluding ortho intramolecular Hbond substituents is 1. The molecule has 2 aromatic rings. The molecule has 0 aromatic heterocycles. The van der Waals surface area contributed by atoms with E-state index in [4.69, 9.17) is 4.74 Å². The number of aliphatic imine (C=N–C) groups is 1. The quantitative estimate of drug-likeness (QED) is 0.432. The van der Waals surface area contributed by atoms with Gasteiger partial charge in [0.05, 0.1) is 17.1 Å². The molecule has 4 aliphatic carbocycles. The Bertz CT molecular complexity index is 1360. The third kappa shape index (κ3) is 4.61. The van der Waals surface area contributed by atoms with Gasteiger partial charge in [0.15, 0.2) is 16.7 Å². The van der Waals surface area contributed by atoms with Crippen LogP contribution in [0.2, 0.25) is 0 Å². The zero-order chi connectivity index (χ0) is 26.9. The zero-order valence-corrected chi connectivity index (χ0v) is 23.3. The van der Waals surface area contributed by atoms with Gasteiger partial charge in [-0.15, -0.1) is 0 Å². The van der Waals surface area contributed by atoms with E-state index in [9.17, 15) is 9.90 Å². The Balaban J connectivity index is 1.17. The highest BCUT2D eigenvalue weighted by Gasteiger charge is 2.52. The average molecular weight is 547 g/mol. The molecule has 1 saturated heterocycles. The second-order valence-corrected chi connectivity index (χ2v) is 13.7. The molecule has 39 heavy (non-hydrogen) atoms. The summed E-state index contributed by atoms with van der Waals surface area (Å²) < 4.78 is 21.1. The molecule has 2 atom stereocenters. The third-order valence-electron chi connectivity index (χ3n) is 9.49. The van der Waals surface area contributed by atoms with Crippen LogP contribution in [0.3, 0.4) is 0 Å². The van der Waals surface area contributed by atoms with Gasteiger partial charge in [-0.05, 0) is 128 Å². The topological polar surface area (TPSA) is 62.1 Å². The van der Waals surface area contributed by atoms with Crippen molar-refractivity contribution in [1.29, 1.82) is 0 Å². The van der Waals surface area contributed by atoms with E-state index in [0.717, 1.165) is 46.7 Å². The molecular weight excluding hydrogens is 511 g/mol. The number of hydrogen-bond acceptors (Lipinski definition) is 5. The summed E-state index contributed by atoms with van der Waals surface area (Å²) in [6.07, 6.45) is 9.12.